The SMILES string of the molecule is Cc1ccccc1OC[C@@]1(O)CCN(Cc2ccc(F)cn2)C1. The topological polar surface area (TPSA) is 45.6 Å². The van der Waals surface area contributed by atoms with Crippen molar-refractivity contribution in [3.63, 3.8) is 0 Å². The predicted molar refractivity (Wildman–Crippen MR) is 85.7 cm³/mol. The van der Waals surface area contributed by atoms with Crippen molar-refractivity contribution in [3.05, 3.63) is 59.7 Å². The van der Waals surface area contributed by atoms with Crippen molar-refractivity contribution in [3.8, 4) is 5.75 Å². The average Bonchev–Trinajstić information content (AvgIpc) is 2.90. The van der Waals surface area contributed by atoms with Gasteiger partial charge in [0.1, 0.15) is 23.8 Å². The van der Waals surface area contributed by atoms with Crippen LogP contribution in [0.5, 0.6) is 5.75 Å². The summed E-state index contributed by atoms with van der Waals surface area (Å²) >= 11 is 0. The number of pyridine rings is 1. The van der Waals surface area contributed by atoms with Gasteiger partial charge in [-0.1, -0.05) is 18.2 Å². The highest BCUT2D eigenvalue weighted by Gasteiger charge is 2.37. The van der Waals surface area contributed by atoms with Gasteiger partial charge in [0.2, 0.25) is 0 Å². The number of β-amino-alcohol motifs (C(OH)–C–C–N with tert-alkyl or cyclic N) is 1. The molecule has 0 aliphatic carbocycles. The number of aryl methyl sites for hydroxylation is 1. The van der Waals surface area contributed by atoms with Gasteiger partial charge in [-0.3, -0.25) is 9.88 Å². The second kappa shape index (κ2) is 6.64. The summed E-state index contributed by atoms with van der Waals surface area (Å²) in [4.78, 5) is 6.18. The molecule has 0 unspecified atom stereocenters. The second-order valence-corrected chi connectivity index (χ2v) is 6.21. The van der Waals surface area contributed by atoms with Crippen molar-refractivity contribution >= 4 is 0 Å². The summed E-state index contributed by atoms with van der Waals surface area (Å²) in [7, 11) is 0. The number of benzene rings is 1. The van der Waals surface area contributed by atoms with Crippen LogP contribution in [0.2, 0.25) is 0 Å². The van der Waals surface area contributed by atoms with E-state index in [1.807, 2.05) is 31.2 Å². The minimum atomic E-state index is -0.859. The number of rotatable bonds is 5. The fourth-order valence-electron chi connectivity index (χ4n) is 2.85. The number of nitrogens with zero attached hydrogens (tertiary/aromatic N) is 2. The lowest BCUT2D eigenvalue weighted by atomic mass is 10.1. The fourth-order valence-corrected chi connectivity index (χ4v) is 2.85. The standard InChI is InChI=1S/C18H21FN2O2/c1-14-4-2-3-5-17(14)23-13-18(22)8-9-21(12-18)11-16-7-6-15(19)10-20-16/h2-7,10,22H,8-9,11-13H2,1H3/t18-/m1/s1. The minimum absolute atomic E-state index is 0.269. The Morgan fingerprint density at radius 1 is 1.30 bits per heavy atom. The normalized spacial score (nSPS) is 21.5. The van der Waals surface area contributed by atoms with Crippen LogP contribution in [0.1, 0.15) is 17.7 Å². The molecule has 2 aromatic rings. The lowest BCUT2D eigenvalue weighted by molar-refractivity contribution is 0.00312. The van der Waals surface area contributed by atoms with E-state index in [-0.39, 0.29) is 12.4 Å². The van der Waals surface area contributed by atoms with Gasteiger partial charge in [-0.15, -0.1) is 0 Å². The van der Waals surface area contributed by atoms with E-state index < -0.39 is 5.60 Å². The van der Waals surface area contributed by atoms with Crippen molar-refractivity contribution in [1.82, 2.24) is 9.88 Å². The highest BCUT2D eigenvalue weighted by molar-refractivity contribution is 5.31. The maximum atomic E-state index is 12.9. The zero-order valence-corrected chi connectivity index (χ0v) is 13.2. The van der Waals surface area contributed by atoms with Crippen LogP contribution in [0.4, 0.5) is 4.39 Å². The third-order valence-corrected chi connectivity index (χ3v) is 4.18. The molecule has 3 rings (SSSR count). The summed E-state index contributed by atoms with van der Waals surface area (Å²) in [5, 5.41) is 10.7. The summed E-state index contributed by atoms with van der Waals surface area (Å²) in [6.45, 7) is 4.16. The highest BCUT2D eigenvalue weighted by atomic mass is 19.1. The molecular formula is C18H21FN2O2. The Balaban J connectivity index is 1.55. The Hall–Kier alpha value is -1.98. The third kappa shape index (κ3) is 4.06. The number of aromatic nitrogens is 1. The summed E-state index contributed by atoms with van der Waals surface area (Å²) in [6, 6.07) is 10.9. The van der Waals surface area contributed by atoms with Crippen molar-refractivity contribution in [2.24, 2.45) is 0 Å². The lowest BCUT2D eigenvalue weighted by Crippen LogP contribution is -2.39. The molecule has 0 saturated carbocycles. The van der Waals surface area contributed by atoms with Crippen LogP contribution in [-0.2, 0) is 6.54 Å². The van der Waals surface area contributed by atoms with Crippen LogP contribution in [0.25, 0.3) is 0 Å². The van der Waals surface area contributed by atoms with Crippen LogP contribution in [0, 0.1) is 12.7 Å². The Morgan fingerprint density at radius 3 is 2.87 bits per heavy atom. The summed E-state index contributed by atoms with van der Waals surface area (Å²) in [5.41, 5.74) is 0.999. The Morgan fingerprint density at radius 2 is 2.13 bits per heavy atom. The molecule has 1 aromatic heterocycles. The first-order valence-corrected chi connectivity index (χ1v) is 7.78. The molecule has 0 amide bonds. The third-order valence-electron chi connectivity index (χ3n) is 4.18. The van der Waals surface area contributed by atoms with Gasteiger partial charge in [0.05, 0.1) is 11.9 Å². The van der Waals surface area contributed by atoms with Crippen LogP contribution in [-0.4, -0.2) is 40.3 Å². The van der Waals surface area contributed by atoms with Crippen molar-refractivity contribution < 1.29 is 14.2 Å². The first-order chi connectivity index (χ1) is 11.0. The number of ether oxygens (including phenoxy) is 1. The second-order valence-electron chi connectivity index (χ2n) is 6.21. The first-order valence-electron chi connectivity index (χ1n) is 7.78. The van der Waals surface area contributed by atoms with Crippen molar-refractivity contribution in [2.75, 3.05) is 19.7 Å². The molecule has 1 atom stereocenters. The molecule has 0 spiro atoms. The Kier molecular flexibility index (Phi) is 4.59. The van der Waals surface area contributed by atoms with Gasteiger partial charge in [0.15, 0.2) is 0 Å². The van der Waals surface area contributed by atoms with E-state index in [0.29, 0.717) is 19.5 Å². The molecule has 1 aromatic carbocycles. The number of halogens is 1. The van der Waals surface area contributed by atoms with E-state index in [1.165, 1.54) is 12.3 Å². The lowest BCUT2D eigenvalue weighted by Gasteiger charge is -2.24. The molecule has 4 nitrogen and oxygen atoms in total. The van der Waals surface area contributed by atoms with Gasteiger partial charge in [-0.25, -0.2) is 4.39 Å². The van der Waals surface area contributed by atoms with Crippen molar-refractivity contribution in [1.29, 1.82) is 0 Å². The predicted octanol–water partition coefficient (Wildman–Crippen LogP) is 2.54. The number of likely N-dealkylation sites (tertiary alicyclic amines) is 1. The van der Waals surface area contributed by atoms with Crippen molar-refractivity contribution in [2.45, 2.75) is 25.5 Å². The molecule has 1 aliphatic rings. The van der Waals surface area contributed by atoms with E-state index >= 15 is 0 Å². The molecule has 1 aliphatic heterocycles. The molecule has 2 heterocycles. The highest BCUT2D eigenvalue weighted by Crippen LogP contribution is 2.25. The van der Waals surface area contributed by atoms with Gasteiger partial charge in [-0.2, -0.15) is 0 Å². The van der Waals surface area contributed by atoms with Gasteiger partial charge in [-0.05, 0) is 37.1 Å². The molecule has 5 heteroatoms. The van der Waals surface area contributed by atoms with Gasteiger partial charge in [0.25, 0.3) is 0 Å². The van der Waals surface area contributed by atoms with Crippen LogP contribution in [0.15, 0.2) is 42.6 Å². The molecule has 122 valence electrons. The summed E-state index contributed by atoms with van der Waals surface area (Å²) in [5.74, 6) is 0.470. The molecule has 0 bridgehead atoms. The van der Waals surface area contributed by atoms with E-state index in [4.69, 9.17) is 4.74 Å². The average molecular weight is 316 g/mol. The Labute approximate surface area is 135 Å². The monoisotopic (exact) mass is 316 g/mol. The van der Waals surface area contributed by atoms with E-state index in [0.717, 1.165) is 23.6 Å². The van der Waals surface area contributed by atoms with E-state index in [2.05, 4.69) is 9.88 Å². The fraction of sp³-hybridized carbons (Fsp3) is 0.389. The summed E-state index contributed by atoms with van der Waals surface area (Å²) in [6.07, 6.45) is 1.87. The Bertz CT molecular complexity index is 662. The van der Waals surface area contributed by atoms with Crippen LogP contribution in [0.3, 0.4) is 0 Å². The quantitative estimate of drug-likeness (QED) is 0.921. The molecule has 1 fully saturated rings. The first kappa shape index (κ1) is 15.9. The molecule has 0 radical (unpaired) electrons. The molecular weight excluding hydrogens is 295 g/mol. The number of hydrogen-bond donors (Lipinski definition) is 1. The van der Waals surface area contributed by atoms with E-state index in [1.54, 1.807) is 6.07 Å². The smallest absolute Gasteiger partial charge is 0.141 e. The van der Waals surface area contributed by atoms with Gasteiger partial charge in [0, 0.05) is 19.6 Å². The van der Waals surface area contributed by atoms with Crippen LogP contribution < -0.4 is 4.74 Å². The molecule has 1 N–H and O–H groups in total. The number of aliphatic hydroxyl groups is 1. The largest absolute Gasteiger partial charge is 0.490 e. The maximum absolute atomic E-state index is 12.9. The minimum Gasteiger partial charge on any atom is -0.490 e. The maximum Gasteiger partial charge on any atom is 0.141 e. The van der Waals surface area contributed by atoms with Crippen LogP contribution >= 0.6 is 0 Å². The van der Waals surface area contributed by atoms with E-state index in [9.17, 15) is 9.50 Å². The number of para-hydroxylation sites is 1. The zero-order chi connectivity index (χ0) is 16.3. The van der Waals surface area contributed by atoms with Gasteiger partial charge < -0.3 is 9.84 Å². The van der Waals surface area contributed by atoms with Gasteiger partial charge >= 0.3 is 0 Å². The molecule has 23 heavy (non-hydrogen) atoms. The molecule has 1 saturated heterocycles. The summed E-state index contributed by atoms with van der Waals surface area (Å²) < 4.78 is 18.7. The zero-order valence-electron chi connectivity index (χ0n) is 13.2. The number of hydrogen-bond acceptors (Lipinski definition) is 4.